The predicted octanol–water partition coefficient (Wildman–Crippen LogP) is 0.933. The molecule has 1 aliphatic heterocycles. The van der Waals surface area contributed by atoms with Crippen LogP contribution in [0.4, 0.5) is 0 Å². The van der Waals surface area contributed by atoms with Gasteiger partial charge in [0.15, 0.2) is 11.7 Å². The Labute approximate surface area is 166 Å². The first kappa shape index (κ1) is 21.3. The molecule has 158 valence electrons. The quantitative estimate of drug-likeness (QED) is 0.545. The summed E-state index contributed by atoms with van der Waals surface area (Å²) in [5.41, 5.74) is -6.56. The van der Waals surface area contributed by atoms with Crippen molar-refractivity contribution in [2.75, 3.05) is 0 Å². The standard InChI is InChI=1S/C20H24O9/c1-10-8-14(21)27-13-9-11(6-7-12(10)13)28-20(5)19(4,26)18(3,25)17(2,24)15(29-20)16(22)23/h6-9,15,24-26H,1-5H3,(H,22,23)/t15-,17+,18+,19+,20+/m0/s1. The lowest BCUT2D eigenvalue weighted by atomic mass is 9.65. The molecule has 2 aromatic rings. The summed E-state index contributed by atoms with van der Waals surface area (Å²) in [5, 5.41) is 42.8. The van der Waals surface area contributed by atoms with Crippen molar-refractivity contribution in [3.63, 3.8) is 0 Å². The highest BCUT2D eigenvalue weighted by molar-refractivity contribution is 5.81. The third kappa shape index (κ3) is 2.93. The average molecular weight is 408 g/mol. The Kier molecular flexibility index (Phi) is 4.59. The van der Waals surface area contributed by atoms with E-state index in [0.29, 0.717) is 10.9 Å². The molecule has 0 bridgehead atoms. The van der Waals surface area contributed by atoms with Gasteiger partial charge in [-0.3, -0.25) is 0 Å². The molecule has 1 aromatic carbocycles. The minimum absolute atomic E-state index is 0.0931. The first-order valence-electron chi connectivity index (χ1n) is 8.95. The normalized spacial score (nSPS) is 37.4. The van der Waals surface area contributed by atoms with E-state index in [1.807, 2.05) is 0 Å². The Morgan fingerprint density at radius 3 is 2.28 bits per heavy atom. The van der Waals surface area contributed by atoms with E-state index in [4.69, 9.17) is 13.9 Å². The van der Waals surface area contributed by atoms with Crippen molar-refractivity contribution in [3.05, 3.63) is 40.2 Å². The van der Waals surface area contributed by atoms with Gasteiger partial charge in [0.2, 0.25) is 5.79 Å². The maximum absolute atomic E-state index is 11.7. The Hall–Kier alpha value is -2.46. The summed E-state index contributed by atoms with van der Waals surface area (Å²) in [4.78, 5) is 23.3. The molecule has 2 heterocycles. The van der Waals surface area contributed by atoms with Gasteiger partial charge in [0.1, 0.15) is 22.5 Å². The van der Waals surface area contributed by atoms with Gasteiger partial charge in [0.05, 0.1) is 0 Å². The maximum atomic E-state index is 11.7. The van der Waals surface area contributed by atoms with E-state index in [0.717, 1.165) is 13.8 Å². The second-order valence-corrected chi connectivity index (χ2v) is 8.08. The lowest BCUT2D eigenvalue weighted by molar-refractivity contribution is -0.407. The van der Waals surface area contributed by atoms with Gasteiger partial charge in [-0.2, -0.15) is 0 Å². The molecule has 1 aliphatic rings. The SMILES string of the molecule is Cc1cc(=O)oc2cc(O[C@]3(C)O[C@@H](C(=O)O)[C@@](C)(O)[C@@](C)(O)[C@@]3(C)O)ccc12. The van der Waals surface area contributed by atoms with Gasteiger partial charge in [-0.25, -0.2) is 9.59 Å². The van der Waals surface area contributed by atoms with E-state index < -0.39 is 40.3 Å². The molecule has 9 heteroatoms. The van der Waals surface area contributed by atoms with Crippen molar-refractivity contribution in [2.45, 2.75) is 63.3 Å². The molecule has 9 nitrogen and oxygen atoms in total. The molecule has 4 N–H and O–H groups in total. The Morgan fingerprint density at radius 2 is 1.69 bits per heavy atom. The second kappa shape index (κ2) is 6.27. The fourth-order valence-electron chi connectivity index (χ4n) is 3.65. The lowest BCUT2D eigenvalue weighted by Gasteiger charge is -2.60. The average Bonchev–Trinajstić information content (AvgIpc) is 2.57. The zero-order valence-corrected chi connectivity index (χ0v) is 16.7. The van der Waals surface area contributed by atoms with Crippen molar-refractivity contribution in [2.24, 2.45) is 0 Å². The van der Waals surface area contributed by atoms with Crippen LogP contribution in [-0.4, -0.2) is 55.1 Å². The first-order valence-corrected chi connectivity index (χ1v) is 8.95. The van der Waals surface area contributed by atoms with Crippen LogP contribution in [-0.2, 0) is 9.53 Å². The summed E-state index contributed by atoms with van der Waals surface area (Å²) in [6.07, 6.45) is -1.90. The summed E-state index contributed by atoms with van der Waals surface area (Å²) < 4.78 is 16.4. The number of ether oxygens (including phenoxy) is 2. The number of fused-ring (bicyclic) bond motifs is 1. The van der Waals surface area contributed by atoms with Crippen LogP contribution in [0.3, 0.4) is 0 Å². The maximum Gasteiger partial charge on any atom is 0.336 e. The molecule has 3 rings (SSSR count). The highest BCUT2D eigenvalue weighted by Crippen LogP contribution is 2.49. The Bertz CT molecular complexity index is 1030. The van der Waals surface area contributed by atoms with E-state index in [1.54, 1.807) is 13.0 Å². The third-order valence-electron chi connectivity index (χ3n) is 6.13. The molecule has 0 spiro atoms. The van der Waals surface area contributed by atoms with Crippen molar-refractivity contribution in [1.29, 1.82) is 0 Å². The molecular formula is C20H24O9. The molecule has 1 fully saturated rings. The van der Waals surface area contributed by atoms with Gasteiger partial charge < -0.3 is 34.3 Å². The molecular weight excluding hydrogens is 384 g/mol. The molecule has 1 aromatic heterocycles. The number of hydrogen-bond acceptors (Lipinski definition) is 8. The first-order chi connectivity index (χ1) is 13.1. The van der Waals surface area contributed by atoms with E-state index in [9.17, 15) is 30.0 Å². The summed E-state index contributed by atoms with van der Waals surface area (Å²) in [5.74, 6) is -3.53. The van der Waals surface area contributed by atoms with E-state index in [-0.39, 0.29) is 11.3 Å². The zero-order valence-electron chi connectivity index (χ0n) is 16.7. The van der Waals surface area contributed by atoms with Gasteiger partial charge in [-0.05, 0) is 45.4 Å². The largest absolute Gasteiger partial charge is 0.479 e. The molecule has 1 saturated heterocycles. The molecule has 5 atom stereocenters. The van der Waals surface area contributed by atoms with Crippen LogP contribution in [0.1, 0.15) is 33.3 Å². The number of carbonyl (C=O) groups is 1. The number of rotatable bonds is 3. The van der Waals surface area contributed by atoms with Crippen molar-refractivity contribution >= 4 is 16.9 Å². The predicted molar refractivity (Wildman–Crippen MR) is 101 cm³/mol. The van der Waals surface area contributed by atoms with Gasteiger partial charge >= 0.3 is 11.6 Å². The number of aliphatic hydroxyl groups is 3. The van der Waals surface area contributed by atoms with Crippen LogP contribution in [0.5, 0.6) is 5.75 Å². The van der Waals surface area contributed by atoms with Crippen LogP contribution in [0.15, 0.2) is 33.5 Å². The molecule has 0 aliphatic carbocycles. The number of hydrogen-bond donors (Lipinski definition) is 4. The molecule has 0 unspecified atom stereocenters. The molecule has 0 radical (unpaired) electrons. The topological polar surface area (TPSA) is 147 Å². The fraction of sp³-hybridized carbons (Fsp3) is 0.500. The summed E-state index contributed by atoms with van der Waals surface area (Å²) >= 11 is 0. The lowest BCUT2D eigenvalue weighted by Crippen LogP contribution is -2.82. The van der Waals surface area contributed by atoms with Gasteiger partial charge in [0.25, 0.3) is 0 Å². The van der Waals surface area contributed by atoms with Crippen molar-refractivity contribution < 1.29 is 39.1 Å². The highest BCUT2D eigenvalue weighted by atomic mass is 16.7. The Balaban J connectivity index is 2.10. The van der Waals surface area contributed by atoms with Crippen LogP contribution in [0.25, 0.3) is 11.0 Å². The van der Waals surface area contributed by atoms with Crippen LogP contribution < -0.4 is 10.4 Å². The van der Waals surface area contributed by atoms with E-state index in [2.05, 4.69) is 0 Å². The number of carboxylic acid groups (broad SMARTS) is 1. The highest BCUT2D eigenvalue weighted by Gasteiger charge is 2.73. The minimum atomic E-state index is -2.34. The number of benzene rings is 1. The number of carboxylic acids is 1. The second-order valence-electron chi connectivity index (χ2n) is 8.08. The molecule has 0 saturated carbocycles. The smallest absolute Gasteiger partial charge is 0.336 e. The van der Waals surface area contributed by atoms with Gasteiger partial charge in [-0.1, -0.05) is 0 Å². The van der Waals surface area contributed by atoms with Crippen LogP contribution >= 0.6 is 0 Å². The summed E-state index contributed by atoms with van der Waals surface area (Å²) in [7, 11) is 0. The summed E-state index contributed by atoms with van der Waals surface area (Å²) in [6, 6.07) is 5.89. The van der Waals surface area contributed by atoms with Crippen molar-refractivity contribution in [1.82, 2.24) is 0 Å². The number of aryl methyl sites for hydroxylation is 1. The Morgan fingerprint density at radius 1 is 1.07 bits per heavy atom. The third-order valence-corrected chi connectivity index (χ3v) is 6.13. The molecule has 29 heavy (non-hydrogen) atoms. The van der Waals surface area contributed by atoms with Gasteiger partial charge in [0, 0.05) is 24.4 Å². The number of aliphatic carboxylic acids is 1. The minimum Gasteiger partial charge on any atom is -0.479 e. The molecule has 0 amide bonds. The van der Waals surface area contributed by atoms with Crippen LogP contribution in [0, 0.1) is 6.92 Å². The van der Waals surface area contributed by atoms with Gasteiger partial charge in [-0.15, -0.1) is 0 Å². The summed E-state index contributed by atoms with van der Waals surface area (Å²) in [6.45, 7) is 6.34. The van der Waals surface area contributed by atoms with Crippen LogP contribution in [0.2, 0.25) is 0 Å². The van der Waals surface area contributed by atoms with E-state index >= 15 is 0 Å². The van der Waals surface area contributed by atoms with E-state index in [1.165, 1.54) is 32.0 Å². The zero-order chi connectivity index (χ0) is 22.0. The van der Waals surface area contributed by atoms with Crippen molar-refractivity contribution in [3.8, 4) is 5.75 Å². The fourth-order valence-corrected chi connectivity index (χ4v) is 3.65. The monoisotopic (exact) mass is 408 g/mol.